The molecule has 0 aliphatic carbocycles. The summed E-state index contributed by atoms with van der Waals surface area (Å²) < 4.78 is 31.7. The average molecular weight is 296 g/mol. The summed E-state index contributed by atoms with van der Waals surface area (Å²) in [4.78, 5) is 3.50. The largest absolute Gasteiger partial charge is 0.479 e. The summed E-state index contributed by atoms with van der Waals surface area (Å²) in [5.74, 6) is -0.342. The molecule has 0 saturated carbocycles. The molecule has 0 bridgehead atoms. The van der Waals surface area contributed by atoms with Crippen LogP contribution in [0, 0.1) is 12.7 Å². The fourth-order valence-electron chi connectivity index (χ4n) is 1.58. The Morgan fingerprint density at radius 3 is 2.57 bits per heavy atom. The minimum Gasteiger partial charge on any atom is -0.479 e. The molecule has 0 spiro atoms. The molecule has 5 heteroatoms. The summed E-state index contributed by atoms with van der Waals surface area (Å²) in [6.07, 6.45) is 0.338. The van der Waals surface area contributed by atoms with E-state index in [2.05, 4.69) is 18.3 Å². The maximum Gasteiger partial charge on any atom is 0.165 e. The highest BCUT2D eigenvalue weighted by atomic mass is 19.1. The second kappa shape index (κ2) is 9.69. The number of nitrogens with zero attached hydrogens (tertiary/aromatic N) is 1. The first kappa shape index (κ1) is 18.8. The Kier molecular flexibility index (Phi) is 8.69. The van der Waals surface area contributed by atoms with E-state index in [0.29, 0.717) is 5.56 Å². The van der Waals surface area contributed by atoms with Crippen LogP contribution in [0.1, 0.15) is 31.1 Å². The van der Waals surface area contributed by atoms with Gasteiger partial charge in [-0.3, -0.25) is 0 Å². The Hall–Kier alpha value is -2.17. The highest BCUT2D eigenvalue weighted by molar-refractivity contribution is 5.32. The zero-order valence-corrected chi connectivity index (χ0v) is 12.7. The lowest BCUT2D eigenvalue weighted by atomic mass is 10.0. The van der Waals surface area contributed by atoms with Crippen LogP contribution in [0.25, 0.3) is 0 Å². The van der Waals surface area contributed by atoms with E-state index < -0.39 is 18.6 Å². The Labute approximate surface area is 124 Å². The van der Waals surface area contributed by atoms with Gasteiger partial charge in [-0.1, -0.05) is 26.5 Å². The number of ether oxygens (including phenoxy) is 1. The average Bonchev–Trinajstić information content (AvgIpc) is 2.52. The van der Waals surface area contributed by atoms with Gasteiger partial charge in [0.25, 0.3) is 0 Å². The van der Waals surface area contributed by atoms with Crippen molar-refractivity contribution in [3.8, 4) is 0 Å². The molecule has 1 aromatic carbocycles. The molecule has 3 nitrogen and oxygen atoms in total. The van der Waals surface area contributed by atoms with Crippen molar-refractivity contribution in [3.05, 3.63) is 59.4 Å². The fourth-order valence-corrected chi connectivity index (χ4v) is 1.58. The molecule has 0 fully saturated rings. The molecule has 0 heterocycles. The van der Waals surface area contributed by atoms with E-state index >= 15 is 0 Å². The Morgan fingerprint density at radius 1 is 1.48 bits per heavy atom. The van der Waals surface area contributed by atoms with Gasteiger partial charge >= 0.3 is 0 Å². The molecular weight excluding hydrogens is 274 g/mol. The van der Waals surface area contributed by atoms with Gasteiger partial charge in [0.15, 0.2) is 17.7 Å². The molecule has 0 aromatic heterocycles. The number of benzene rings is 1. The van der Waals surface area contributed by atoms with Gasteiger partial charge in [0.2, 0.25) is 0 Å². The predicted molar refractivity (Wildman–Crippen MR) is 83.2 cm³/mol. The van der Waals surface area contributed by atoms with Crippen molar-refractivity contribution >= 4 is 6.72 Å². The van der Waals surface area contributed by atoms with E-state index in [9.17, 15) is 8.78 Å². The molecule has 1 unspecified atom stereocenters. The molecule has 1 atom stereocenters. The monoisotopic (exact) mass is 296 g/mol. The predicted octanol–water partition coefficient (Wildman–Crippen LogP) is 4.20. The molecule has 0 radical (unpaired) electrons. The van der Waals surface area contributed by atoms with Crippen LogP contribution in [0.3, 0.4) is 0 Å². The van der Waals surface area contributed by atoms with Crippen molar-refractivity contribution < 1.29 is 13.5 Å². The number of hydrogen-bond acceptors (Lipinski definition) is 3. The van der Waals surface area contributed by atoms with Crippen LogP contribution < -0.4 is 5.73 Å². The van der Waals surface area contributed by atoms with E-state index in [1.165, 1.54) is 18.2 Å². The van der Waals surface area contributed by atoms with Crippen molar-refractivity contribution in [2.24, 2.45) is 10.7 Å². The van der Waals surface area contributed by atoms with Gasteiger partial charge in [-0.25, -0.2) is 13.8 Å². The minimum atomic E-state index is -0.969. The first-order chi connectivity index (χ1) is 10.0. The molecule has 0 amide bonds. The summed E-state index contributed by atoms with van der Waals surface area (Å²) in [6, 6.07) is 4.10. The molecule has 1 aromatic rings. The number of nitrogens with two attached hydrogens (primary N) is 1. The summed E-state index contributed by atoms with van der Waals surface area (Å²) in [5, 5.41) is 0. The second-order valence-electron chi connectivity index (χ2n) is 3.87. The van der Waals surface area contributed by atoms with Crippen LogP contribution in [-0.4, -0.2) is 13.4 Å². The van der Waals surface area contributed by atoms with Gasteiger partial charge in [-0.15, -0.1) is 0 Å². The summed E-state index contributed by atoms with van der Waals surface area (Å²) in [5.41, 5.74) is 6.67. The van der Waals surface area contributed by atoms with Gasteiger partial charge in [0.05, 0.1) is 0 Å². The summed E-state index contributed by atoms with van der Waals surface area (Å²) in [7, 11) is 0. The second-order valence-corrected chi connectivity index (χ2v) is 3.87. The zero-order valence-electron chi connectivity index (χ0n) is 12.7. The van der Waals surface area contributed by atoms with Crippen molar-refractivity contribution in [1.29, 1.82) is 0 Å². The number of rotatable bonds is 6. The lowest BCUT2D eigenvalue weighted by molar-refractivity contribution is 0.0962. The van der Waals surface area contributed by atoms with Crippen LogP contribution in [0.4, 0.5) is 8.78 Å². The number of alkyl halides is 1. The van der Waals surface area contributed by atoms with Crippen molar-refractivity contribution in [2.45, 2.75) is 26.9 Å². The van der Waals surface area contributed by atoms with E-state index in [1.54, 1.807) is 13.0 Å². The molecule has 2 N–H and O–H groups in total. The highest BCUT2D eigenvalue weighted by Crippen LogP contribution is 2.26. The normalized spacial score (nSPS) is 12.4. The van der Waals surface area contributed by atoms with Crippen LogP contribution in [-0.2, 0) is 4.74 Å². The molecular formula is C16H22F2N2O. The summed E-state index contributed by atoms with van der Waals surface area (Å²) >= 11 is 0. The molecule has 0 saturated heterocycles. The van der Waals surface area contributed by atoms with Gasteiger partial charge in [-0.05, 0) is 37.4 Å². The van der Waals surface area contributed by atoms with E-state index in [4.69, 9.17) is 10.5 Å². The first-order valence-electron chi connectivity index (χ1n) is 6.61. The number of halogens is 2. The number of aryl methyl sites for hydroxylation is 1. The van der Waals surface area contributed by atoms with Crippen LogP contribution in [0.5, 0.6) is 0 Å². The van der Waals surface area contributed by atoms with E-state index in [-0.39, 0.29) is 11.6 Å². The van der Waals surface area contributed by atoms with Crippen molar-refractivity contribution in [1.82, 2.24) is 0 Å². The molecule has 0 aliphatic rings. The number of aliphatic imine (C=N–C) groups is 1. The lowest BCUT2D eigenvalue weighted by Crippen LogP contribution is -2.11. The van der Waals surface area contributed by atoms with Crippen LogP contribution in [0.2, 0.25) is 0 Å². The van der Waals surface area contributed by atoms with E-state index in [1.807, 2.05) is 13.8 Å². The molecule has 116 valence electrons. The molecule has 21 heavy (non-hydrogen) atoms. The quantitative estimate of drug-likeness (QED) is 0.486. The fraction of sp³-hybridized carbons (Fsp3) is 0.312. The Bertz CT molecular complexity index is 513. The molecule has 1 rings (SSSR count). The minimum absolute atomic E-state index is 0.00232. The van der Waals surface area contributed by atoms with Crippen molar-refractivity contribution in [3.63, 3.8) is 0 Å². The van der Waals surface area contributed by atoms with Crippen LogP contribution >= 0.6 is 0 Å². The Morgan fingerprint density at radius 2 is 2.10 bits per heavy atom. The number of allylic oxidation sites excluding steroid dienone is 1. The van der Waals surface area contributed by atoms with Crippen LogP contribution in [0.15, 0.2) is 47.4 Å². The van der Waals surface area contributed by atoms with Crippen molar-refractivity contribution in [2.75, 3.05) is 6.67 Å². The third kappa shape index (κ3) is 5.38. The Balaban J connectivity index is 0.00000191. The standard InChI is InChI=1S/C14H16F2N2O.C2H6/c1-4-12(14(17)18-3)19-13(8-15)11-7-10(16)6-5-9(11)2;1-2/h4-7,13H,1,3,8,17H2,2H3;1-2H3/b14-12+;. The zero-order chi connectivity index (χ0) is 16.4. The summed E-state index contributed by atoms with van der Waals surface area (Å²) in [6.45, 7) is 11.7. The topological polar surface area (TPSA) is 47.6 Å². The lowest BCUT2D eigenvalue weighted by Gasteiger charge is -2.19. The third-order valence-electron chi connectivity index (χ3n) is 2.61. The first-order valence-corrected chi connectivity index (χ1v) is 6.61. The number of hydrogen-bond donors (Lipinski definition) is 1. The smallest absolute Gasteiger partial charge is 0.165 e. The maximum absolute atomic E-state index is 13.2. The maximum atomic E-state index is 13.2. The van der Waals surface area contributed by atoms with E-state index in [0.717, 1.165) is 5.56 Å². The third-order valence-corrected chi connectivity index (χ3v) is 2.61. The molecule has 0 aliphatic heterocycles. The van der Waals surface area contributed by atoms with Gasteiger partial charge in [-0.2, -0.15) is 0 Å². The van der Waals surface area contributed by atoms with Gasteiger partial charge < -0.3 is 10.5 Å². The van der Waals surface area contributed by atoms with Gasteiger partial charge in [0, 0.05) is 5.56 Å². The highest BCUT2D eigenvalue weighted by Gasteiger charge is 2.18. The van der Waals surface area contributed by atoms with Gasteiger partial charge in [0.1, 0.15) is 12.5 Å². The SMILES string of the molecule is C=C/C(OC(CF)c1cc(F)ccc1C)=C(/N)N=C.CC.